The average molecular weight is 244 g/mol. The fourth-order valence-corrected chi connectivity index (χ4v) is 2.40. The summed E-state index contributed by atoms with van der Waals surface area (Å²) in [7, 11) is 1.76. The standard InChI is InChI=1S/C15H20N2O/c1-18-9-8-17-14(11-16-13-6-7-13)10-12-4-2-3-5-15(12)17/h2-5,10,13,16H,6-9,11H2,1H3. The van der Waals surface area contributed by atoms with E-state index < -0.39 is 0 Å². The molecule has 1 aliphatic carbocycles. The minimum Gasteiger partial charge on any atom is -0.383 e. The van der Waals surface area contributed by atoms with Crippen molar-refractivity contribution in [1.82, 2.24) is 9.88 Å². The lowest BCUT2D eigenvalue weighted by molar-refractivity contribution is 0.187. The molecule has 1 N–H and O–H groups in total. The molecular weight excluding hydrogens is 224 g/mol. The third-order valence-corrected chi connectivity index (χ3v) is 3.56. The fourth-order valence-electron chi connectivity index (χ4n) is 2.40. The van der Waals surface area contributed by atoms with Crippen LogP contribution in [0.4, 0.5) is 0 Å². The van der Waals surface area contributed by atoms with E-state index in [9.17, 15) is 0 Å². The van der Waals surface area contributed by atoms with Crippen LogP contribution in [-0.4, -0.2) is 24.3 Å². The first kappa shape index (κ1) is 11.8. The maximum Gasteiger partial charge on any atom is 0.0642 e. The first-order chi connectivity index (χ1) is 8.88. The zero-order valence-corrected chi connectivity index (χ0v) is 10.9. The van der Waals surface area contributed by atoms with E-state index in [1.54, 1.807) is 7.11 Å². The summed E-state index contributed by atoms with van der Waals surface area (Å²) in [5, 5.41) is 4.91. The van der Waals surface area contributed by atoms with Gasteiger partial charge in [0.15, 0.2) is 0 Å². The van der Waals surface area contributed by atoms with Crippen LogP contribution >= 0.6 is 0 Å². The van der Waals surface area contributed by atoms with E-state index in [1.807, 2.05) is 0 Å². The van der Waals surface area contributed by atoms with Crippen molar-refractivity contribution < 1.29 is 4.74 Å². The highest BCUT2D eigenvalue weighted by molar-refractivity contribution is 5.81. The molecule has 0 spiro atoms. The largest absolute Gasteiger partial charge is 0.383 e. The molecule has 96 valence electrons. The summed E-state index contributed by atoms with van der Waals surface area (Å²) >= 11 is 0. The zero-order valence-electron chi connectivity index (χ0n) is 10.9. The lowest BCUT2D eigenvalue weighted by atomic mass is 10.2. The Morgan fingerprint density at radius 3 is 2.94 bits per heavy atom. The molecule has 1 saturated carbocycles. The number of hydrogen-bond donors (Lipinski definition) is 1. The lowest BCUT2D eigenvalue weighted by Gasteiger charge is -2.10. The van der Waals surface area contributed by atoms with Crippen LogP contribution in [0, 0.1) is 0 Å². The molecule has 3 heteroatoms. The van der Waals surface area contributed by atoms with Gasteiger partial charge in [-0.1, -0.05) is 18.2 Å². The number of hydrogen-bond acceptors (Lipinski definition) is 2. The number of nitrogens with one attached hydrogen (secondary N) is 1. The molecule has 0 radical (unpaired) electrons. The van der Waals surface area contributed by atoms with E-state index in [4.69, 9.17) is 4.74 Å². The number of fused-ring (bicyclic) bond motifs is 1. The molecule has 0 aliphatic heterocycles. The highest BCUT2D eigenvalue weighted by Gasteiger charge is 2.20. The molecule has 3 nitrogen and oxygen atoms in total. The smallest absolute Gasteiger partial charge is 0.0642 e. The van der Waals surface area contributed by atoms with Crippen LogP contribution in [0.3, 0.4) is 0 Å². The predicted molar refractivity (Wildman–Crippen MR) is 73.7 cm³/mol. The Morgan fingerprint density at radius 2 is 2.17 bits per heavy atom. The van der Waals surface area contributed by atoms with Gasteiger partial charge in [-0.15, -0.1) is 0 Å². The molecule has 3 rings (SSSR count). The number of benzene rings is 1. The van der Waals surface area contributed by atoms with Crippen molar-refractivity contribution in [2.45, 2.75) is 32.0 Å². The molecule has 18 heavy (non-hydrogen) atoms. The van der Waals surface area contributed by atoms with Crippen molar-refractivity contribution in [2.24, 2.45) is 0 Å². The normalized spacial score (nSPS) is 15.4. The molecule has 0 saturated heterocycles. The highest BCUT2D eigenvalue weighted by Crippen LogP contribution is 2.22. The molecule has 1 fully saturated rings. The van der Waals surface area contributed by atoms with Crippen LogP contribution in [0.2, 0.25) is 0 Å². The second-order valence-electron chi connectivity index (χ2n) is 4.99. The molecule has 0 atom stereocenters. The van der Waals surface area contributed by atoms with Crippen molar-refractivity contribution in [2.75, 3.05) is 13.7 Å². The van der Waals surface area contributed by atoms with Crippen LogP contribution in [0.5, 0.6) is 0 Å². The minimum absolute atomic E-state index is 0.749. The Morgan fingerprint density at radius 1 is 1.33 bits per heavy atom. The summed E-state index contributed by atoms with van der Waals surface area (Å²) < 4.78 is 7.59. The second kappa shape index (κ2) is 5.12. The number of aromatic nitrogens is 1. The van der Waals surface area contributed by atoms with Crippen LogP contribution in [0.15, 0.2) is 30.3 Å². The molecule has 0 unspecified atom stereocenters. The monoisotopic (exact) mass is 244 g/mol. The minimum atomic E-state index is 0.749. The Labute approximate surface area is 108 Å². The number of ether oxygens (including phenoxy) is 1. The van der Waals surface area contributed by atoms with Gasteiger partial charge < -0.3 is 14.6 Å². The van der Waals surface area contributed by atoms with E-state index >= 15 is 0 Å². The van der Waals surface area contributed by atoms with Gasteiger partial charge in [0.25, 0.3) is 0 Å². The van der Waals surface area contributed by atoms with Crippen molar-refractivity contribution in [3.63, 3.8) is 0 Å². The Hall–Kier alpha value is -1.32. The van der Waals surface area contributed by atoms with E-state index in [0.29, 0.717) is 0 Å². The molecule has 1 aromatic carbocycles. The third kappa shape index (κ3) is 2.42. The van der Waals surface area contributed by atoms with Crippen LogP contribution in [-0.2, 0) is 17.8 Å². The van der Waals surface area contributed by atoms with Gasteiger partial charge in [0.05, 0.1) is 6.61 Å². The van der Waals surface area contributed by atoms with E-state index in [2.05, 4.69) is 40.2 Å². The number of para-hydroxylation sites is 1. The van der Waals surface area contributed by atoms with E-state index in [0.717, 1.165) is 25.7 Å². The number of nitrogens with zero attached hydrogens (tertiary/aromatic N) is 1. The van der Waals surface area contributed by atoms with Gasteiger partial charge in [-0.25, -0.2) is 0 Å². The van der Waals surface area contributed by atoms with Crippen molar-refractivity contribution >= 4 is 10.9 Å². The Bertz CT molecular complexity index is 528. The van der Waals surface area contributed by atoms with Crippen LogP contribution < -0.4 is 5.32 Å². The van der Waals surface area contributed by atoms with Gasteiger partial charge in [-0.3, -0.25) is 0 Å². The maximum absolute atomic E-state index is 5.22. The van der Waals surface area contributed by atoms with Gasteiger partial charge in [0.2, 0.25) is 0 Å². The first-order valence-electron chi connectivity index (χ1n) is 6.68. The molecule has 2 aromatic rings. The third-order valence-electron chi connectivity index (χ3n) is 3.56. The maximum atomic E-state index is 5.22. The Kier molecular flexibility index (Phi) is 3.35. The molecular formula is C15H20N2O. The van der Waals surface area contributed by atoms with E-state index in [-0.39, 0.29) is 0 Å². The molecule has 0 amide bonds. The van der Waals surface area contributed by atoms with Gasteiger partial charge in [-0.05, 0) is 30.4 Å². The topological polar surface area (TPSA) is 26.2 Å². The van der Waals surface area contributed by atoms with Gasteiger partial charge in [0.1, 0.15) is 0 Å². The van der Waals surface area contributed by atoms with Gasteiger partial charge >= 0.3 is 0 Å². The van der Waals surface area contributed by atoms with Crippen LogP contribution in [0.25, 0.3) is 10.9 Å². The van der Waals surface area contributed by atoms with Gasteiger partial charge in [0, 0.05) is 37.5 Å². The van der Waals surface area contributed by atoms with Crippen molar-refractivity contribution in [1.29, 1.82) is 0 Å². The van der Waals surface area contributed by atoms with Crippen molar-refractivity contribution in [3.8, 4) is 0 Å². The molecule has 1 heterocycles. The predicted octanol–water partition coefficient (Wildman–Crippen LogP) is 2.54. The molecule has 1 aliphatic rings. The summed E-state index contributed by atoms with van der Waals surface area (Å²) in [5.74, 6) is 0. The Balaban J connectivity index is 1.88. The second-order valence-corrected chi connectivity index (χ2v) is 4.99. The quantitative estimate of drug-likeness (QED) is 0.845. The number of rotatable bonds is 6. The van der Waals surface area contributed by atoms with Gasteiger partial charge in [-0.2, -0.15) is 0 Å². The molecule has 1 aromatic heterocycles. The van der Waals surface area contributed by atoms with E-state index in [1.165, 1.54) is 29.4 Å². The number of methoxy groups -OCH3 is 1. The average Bonchev–Trinajstić information content (AvgIpc) is 3.16. The fraction of sp³-hybridized carbons (Fsp3) is 0.467. The zero-order chi connectivity index (χ0) is 12.4. The summed E-state index contributed by atoms with van der Waals surface area (Å²) in [6.07, 6.45) is 2.66. The van der Waals surface area contributed by atoms with Crippen molar-refractivity contribution in [3.05, 3.63) is 36.0 Å². The summed E-state index contributed by atoms with van der Waals surface area (Å²) in [6.45, 7) is 2.64. The lowest BCUT2D eigenvalue weighted by Crippen LogP contribution is -2.19. The molecule has 0 bridgehead atoms. The summed E-state index contributed by atoms with van der Waals surface area (Å²) in [5.41, 5.74) is 2.67. The highest BCUT2D eigenvalue weighted by atomic mass is 16.5. The summed E-state index contributed by atoms with van der Waals surface area (Å²) in [6, 6.07) is 11.6. The summed E-state index contributed by atoms with van der Waals surface area (Å²) in [4.78, 5) is 0. The first-order valence-corrected chi connectivity index (χ1v) is 6.68. The SMILES string of the molecule is COCCn1c(CNC2CC2)cc2ccccc21. The van der Waals surface area contributed by atoms with Crippen LogP contribution in [0.1, 0.15) is 18.5 Å².